The molecule has 0 unspecified atom stereocenters. The molecule has 92 valence electrons. The van der Waals surface area contributed by atoms with E-state index in [4.69, 9.17) is 5.73 Å². The number of rotatable bonds is 4. The molecule has 1 amide bonds. The van der Waals surface area contributed by atoms with E-state index in [9.17, 15) is 4.79 Å². The lowest BCUT2D eigenvalue weighted by atomic mass is 10.3. The van der Waals surface area contributed by atoms with Gasteiger partial charge in [-0.25, -0.2) is 9.97 Å². The molecule has 0 saturated carbocycles. The summed E-state index contributed by atoms with van der Waals surface area (Å²) in [6.45, 7) is 2.38. The molecule has 1 aromatic rings. The highest BCUT2D eigenvalue weighted by Gasteiger charge is 2.16. The second-order valence-corrected chi connectivity index (χ2v) is 4.09. The zero-order valence-corrected chi connectivity index (χ0v) is 9.72. The Hall–Kier alpha value is -1.85. The first-order valence-corrected chi connectivity index (χ1v) is 5.85. The van der Waals surface area contributed by atoms with Crippen LogP contribution in [0.1, 0.15) is 19.3 Å². The van der Waals surface area contributed by atoms with Gasteiger partial charge in [-0.3, -0.25) is 4.79 Å². The number of nitrogen functional groups attached to an aromatic ring is 1. The number of aromatic nitrogens is 2. The van der Waals surface area contributed by atoms with Crippen molar-refractivity contribution in [1.29, 1.82) is 0 Å². The lowest BCUT2D eigenvalue weighted by Crippen LogP contribution is -2.29. The van der Waals surface area contributed by atoms with Gasteiger partial charge in [-0.1, -0.05) is 0 Å². The second kappa shape index (κ2) is 5.47. The summed E-state index contributed by atoms with van der Waals surface area (Å²) in [5, 5.41) is 3.05. The molecular weight excluding hydrogens is 218 g/mol. The van der Waals surface area contributed by atoms with Crippen LogP contribution in [0.25, 0.3) is 0 Å². The number of nitrogens with one attached hydrogen (secondary N) is 1. The lowest BCUT2D eigenvalue weighted by Gasteiger charge is -2.15. The minimum Gasteiger partial charge on any atom is -0.382 e. The normalized spacial score (nSPS) is 14.9. The quantitative estimate of drug-likeness (QED) is 0.793. The first kappa shape index (κ1) is 11.6. The van der Waals surface area contributed by atoms with Crippen molar-refractivity contribution in [3.05, 3.63) is 12.4 Å². The minimum absolute atomic E-state index is 0.207. The van der Waals surface area contributed by atoms with Gasteiger partial charge in [-0.15, -0.1) is 0 Å². The predicted octanol–water partition coefficient (Wildman–Crippen LogP) is 0.483. The molecule has 0 radical (unpaired) electrons. The third-order valence-corrected chi connectivity index (χ3v) is 2.78. The van der Waals surface area contributed by atoms with Crippen molar-refractivity contribution in [1.82, 2.24) is 14.9 Å². The van der Waals surface area contributed by atoms with E-state index in [-0.39, 0.29) is 5.91 Å². The molecule has 2 rings (SSSR count). The van der Waals surface area contributed by atoms with Crippen LogP contribution >= 0.6 is 0 Å². The van der Waals surface area contributed by atoms with Crippen LogP contribution < -0.4 is 11.1 Å². The molecule has 17 heavy (non-hydrogen) atoms. The second-order valence-electron chi connectivity index (χ2n) is 4.09. The van der Waals surface area contributed by atoms with E-state index in [1.807, 2.05) is 4.90 Å². The number of likely N-dealkylation sites (tertiary alicyclic amines) is 1. The van der Waals surface area contributed by atoms with E-state index in [0.717, 1.165) is 25.9 Å². The fourth-order valence-corrected chi connectivity index (χ4v) is 1.85. The van der Waals surface area contributed by atoms with Crippen LogP contribution in [0.3, 0.4) is 0 Å². The summed E-state index contributed by atoms with van der Waals surface area (Å²) in [6.07, 6.45) is 5.80. The Bertz CT molecular complexity index is 372. The van der Waals surface area contributed by atoms with E-state index in [2.05, 4.69) is 15.3 Å². The van der Waals surface area contributed by atoms with Crippen molar-refractivity contribution in [3.8, 4) is 0 Å². The molecule has 0 bridgehead atoms. The SMILES string of the molecule is Nc1cnc(NCCC(=O)N2CCCC2)cn1. The van der Waals surface area contributed by atoms with Gasteiger partial charge in [0.15, 0.2) is 0 Å². The van der Waals surface area contributed by atoms with E-state index in [0.29, 0.717) is 24.6 Å². The average Bonchev–Trinajstić information content (AvgIpc) is 2.85. The Morgan fingerprint density at radius 3 is 2.76 bits per heavy atom. The van der Waals surface area contributed by atoms with Crippen LogP contribution in [0.2, 0.25) is 0 Å². The monoisotopic (exact) mass is 235 g/mol. The zero-order chi connectivity index (χ0) is 12.1. The molecule has 0 aliphatic carbocycles. The predicted molar refractivity (Wildman–Crippen MR) is 65.4 cm³/mol. The van der Waals surface area contributed by atoms with E-state index >= 15 is 0 Å². The number of hydrogen-bond donors (Lipinski definition) is 2. The maximum absolute atomic E-state index is 11.7. The Labute approximate surface area is 100 Å². The highest BCUT2D eigenvalue weighted by molar-refractivity contribution is 5.76. The maximum atomic E-state index is 11.7. The number of anilines is 2. The Kier molecular flexibility index (Phi) is 3.74. The van der Waals surface area contributed by atoms with Crippen LogP contribution in [0.15, 0.2) is 12.4 Å². The number of carbonyl (C=O) groups is 1. The Morgan fingerprint density at radius 2 is 2.12 bits per heavy atom. The van der Waals surface area contributed by atoms with Crippen molar-refractivity contribution in [2.24, 2.45) is 0 Å². The third kappa shape index (κ3) is 3.30. The molecule has 6 nitrogen and oxygen atoms in total. The molecule has 0 aromatic carbocycles. The van der Waals surface area contributed by atoms with Crippen LogP contribution in [0, 0.1) is 0 Å². The van der Waals surface area contributed by atoms with Gasteiger partial charge in [0.1, 0.15) is 11.6 Å². The fourth-order valence-electron chi connectivity index (χ4n) is 1.85. The lowest BCUT2D eigenvalue weighted by molar-refractivity contribution is -0.129. The molecular formula is C11H17N5O. The summed E-state index contributed by atoms with van der Waals surface area (Å²) in [6, 6.07) is 0. The van der Waals surface area contributed by atoms with Crippen LogP contribution in [0.4, 0.5) is 11.6 Å². The van der Waals surface area contributed by atoms with Crippen LogP contribution in [-0.2, 0) is 4.79 Å². The third-order valence-electron chi connectivity index (χ3n) is 2.78. The van der Waals surface area contributed by atoms with Crippen molar-refractivity contribution in [2.75, 3.05) is 30.7 Å². The zero-order valence-electron chi connectivity index (χ0n) is 9.72. The molecule has 1 aliphatic heterocycles. The van der Waals surface area contributed by atoms with Crippen molar-refractivity contribution < 1.29 is 4.79 Å². The molecule has 0 atom stereocenters. The van der Waals surface area contributed by atoms with Gasteiger partial charge in [0.25, 0.3) is 0 Å². The van der Waals surface area contributed by atoms with Gasteiger partial charge in [-0.05, 0) is 12.8 Å². The summed E-state index contributed by atoms with van der Waals surface area (Å²) in [4.78, 5) is 21.6. The summed E-state index contributed by atoms with van der Waals surface area (Å²) in [7, 11) is 0. The van der Waals surface area contributed by atoms with Crippen LogP contribution in [0.5, 0.6) is 0 Å². The van der Waals surface area contributed by atoms with Gasteiger partial charge in [0.05, 0.1) is 12.4 Å². The summed E-state index contributed by atoms with van der Waals surface area (Å²) < 4.78 is 0. The largest absolute Gasteiger partial charge is 0.382 e. The van der Waals surface area contributed by atoms with Gasteiger partial charge in [-0.2, -0.15) is 0 Å². The number of carbonyl (C=O) groups excluding carboxylic acids is 1. The molecule has 3 N–H and O–H groups in total. The molecule has 1 aromatic heterocycles. The van der Waals surface area contributed by atoms with E-state index in [1.165, 1.54) is 6.20 Å². The van der Waals surface area contributed by atoms with Crippen LogP contribution in [-0.4, -0.2) is 40.4 Å². The first-order chi connectivity index (χ1) is 8.25. The summed E-state index contributed by atoms with van der Waals surface area (Å²) in [5.41, 5.74) is 5.42. The highest BCUT2D eigenvalue weighted by Crippen LogP contribution is 2.09. The molecule has 1 fully saturated rings. The first-order valence-electron chi connectivity index (χ1n) is 5.85. The standard InChI is InChI=1S/C11H17N5O/c12-9-7-15-10(8-14-9)13-4-3-11(17)16-5-1-2-6-16/h7-8H,1-6H2,(H2,12,14)(H,13,15). The molecule has 6 heteroatoms. The average molecular weight is 235 g/mol. The number of nitrogens with zero attached hydrogens (tertiary/aromatic N) is 3. The number of nitrogens with two attached hydrogens (primary N) is 1. The molecule has 2 heterocycles. The van der Waals surface area contributed by atoms with Gasteiger partial charge in [0, 0.05) is 26.1 Å². The topological polar surface area (TPSA) is 84.1 Å². The van der Waals surface area contributed by atoms with E-state index in [1.54, 1.807) is 6.20 Å². The van der Waals surface area contributed by atoms with Crippen molar-refractivity contribution in [2.45, 2.75) is 19.3 Å². The van der Waals surface area contributed by atoms with Crippen molar-refractivity contribution in [3.63, 3.8) is 0 Å². The van der Waals surface area contributed by atoms with Gasteiger partial charge >= 0.3 is 0 Å². The highest BCUT2D eigenvalue weighted by atomic mass is 16.2. The summed E-state index contributed by atoms with van der Waals surface area (Å²) >= 11 is 0. The molecule has 1 aliphatic rings. The Balaban J connectivity index is 1.72. The van der Waals surface area contributed by atoms with Gasteiger partial charge in [0.2, 0.25) is 5.91 Å². The van der Waals surface area contributed by atoms with Crippen molar-refractivity contribution >= 4 is 17.5 Å². The maximum Gasteiger partial charge on any atom is 0.224 e. The number of hydrogen-bond acceptors (Lipinski definition) is 5. The fraction of sp³-hybridized carbons (Fsp3) is 0.545. The molecule has 1 saturated heterocycles. The summed E-state index contributed by atoms with van der Waals surface area (Å²) in [5.74, 6) is 1.25. The van der Waals surface area contributed by atoms with E-state index < -0.39 is 0 Å². The molecule has 0 spiro atoms. The van der Waals surface area contributed by atoms with Gasteiger partial charge < -0.3 is 16.0 Å². The Morgan fingerprint density at radius 1 is 1.35 bits per heavy atom. The minimum atomic E-state index is 0.207. The smallest absolute Gasteiger partial charge is 0.224 e. The number of amides is 1.